The normalized spacial score (nSPS) is 19.6. The molecule has 0 atom stereocenters. The minimum atomic E-state index is -3.08. The summed E-state index contributed by atoms with van der Waals surface area (Å²) in [7, 11) is -3.08. The van der Waals surface area contributed by atoms with Gasteiger partial charge in [0.15, 0.2) is 0 Å². The molecule has 2 amide bonds. The zero-order chi connectivity index (χ0) is 17.9. The molecular weight excluding hydrogens is 345 g/mol. The number of amides is 2. The number of halogens is 1. The fourth-order valence-electron chi connectivity index (χ4n) is 3.03. The summed E-state index contributed by atoms with van der Waals surface area (Å²) in [4.78, 5) is 11.8. The smallest absolute Gasteiger partial charge is 0.315 e. The third kappa shape index (κ3) is 4.92. The lowest BCUT2D eigenvalue weighted by Crippen LogP contribution is -2.44. The van der Waals surface area contributed by atoms with Crippen LogP contribution in [0.2, 0.25) is 0 Å². The molecule has 0 unspecified atom stereocenters. The molecule has 1 aliphatic carbocycles. The van der Waals surface area contributed by atoms with Crippen molar-refractivity contribution in [2.45, 2.75) is 37.5 Å². The predicted molar refractivity (Wildman–Crippen MR) is 92.9 cm³/mol. The standard InChI is InChI=1S/C17H24FN3O3S/c18-15-3-1-13(2-4-15)11-19-17(22)20-12-14-7-9-21(10-8-14)25(23,24)16-5-6-16/h1-4,14,16H,5-12H2,(H2,19,20,22). The fourth-order valence-corrected chi connectivity index (χ4v) is 4.90. The van der Waals surface area contributed by atoms with Crippen molar-refractivity contribution in [3.05, 3.63) is 35.6 Å². The lowest BCUT2D eigenvalue weighted by Gasteiger charge is -2.31. The molecule has 2 aliphatic rings. The number of sulfonamides is 1. The highest BCUT2D eigenvalue weighted by Gasteiger charge is 2.41. The summed E-state index contributed by atoms with van der Waals surface area (Å²) in [5, 5.41) is 5.41. The summed E-state index contributed by atoms with van der Waals surface area (Å²) in [5.41, 5.74) is 0.829. The van der Waals surface area contributed by atoms with Crippen molar-refractivity contribution in [3.63, 3.8) is 0 Å². The minimum Gasteiger partial charge on any atom is -0.338 e. The monoisotopic (exact) mass is 369 g/mol. The second-order valence-corrected chi connectivity index (χ2v) is 8.99. The van der Waals surface area contributed by atoms with Crippen molar-refractivity contribution in [2.75, 3.05) is 19.6 Å². The highest BCUT2D eigenvalue weighted by Crippen LogP contribution is 2.32. The molecule has 0 radical (unpaired) electrons. The molecule has 0 aromatic heterocycles. The molecule has 0 spiro atoms. The Kier molecular flexibility index (Phi) is 5.58. The SMILES string of the molecule is O=C(NCc1ccc(F)cc1)NCC1CCN(S(=O)(=O)C2CC2)CC1. The second-order valence-electron chi connectivity index (χ2n) is 6.78. The van der Waals surface area contributed by atoms with Gasteiger partial charge in [0.2, 0.25) is 10.0 Å². The van der Waals surface area contributed by atoms with E-state index in [4.69, 9.17) is 0 Å². The van der Waals surface area contributed by atoms with Crippen LogP contribution in [0.5, 0.6) is 0 Å². The van der Waals surface area contributed by atoms with Crippen molar-refractivity contribution >= 4 is 16.1 Å². The lowest BCUT2D eigenvalue weighted by atomic mass is 9.98. The van der Waals surface area contributed by atoms with E-state index in [0.717, 1.165) is 31.2 Å². The number of rotatable bonds is 6. The molecular formula is C17H24FN3O3S. The molecule has 1 aromatic carbocycles. The van der Waals surface area contributed by atoms with E-state index in [0.29, 0.717) is 32.1 Å². The highest BCUT2D eigenvalue weighted by atomic mass is 32.2. The number of piperidine rings is 1. The van der Waals surface area contributed by atoms with E-state index >= 15 is 0 Å². The Morgan fingerprint density at radius 2 is 1.72 bits per heavy atom. The van der Waals surface area contributed by atoms with Gasteiger partial charge in [0.1, 0.15) is 5.82 Å². The van der Waals surface area contributed by atoms with E-state index in [1.165, 1.54) is 12.1 Å². The van der Waals surface area contributed by atoms with E-state index in [-0.39, 0.29) is 17.1 Å². The van der Waals surface area contributed by atoms with Crippen molar-refractivity contribution < 1.29 is 17.6 Å². The van der Waals surface area contributed by atoms with Gasteiger partial charge in [-0.15, -0.1) is 0 Å². The van der Waals surface area contributed by atoms with Crippen LogP contribution in [0, 0.1) is 11.7 Å². The minimum absolute atomic E-state index is 0.153. The zero-order valence-corrected chi connectivity index (χ0v) is 14.9. The predicted octanol–water partition coefficient (Wildman–Crippen LogP) is 1.83. The maximum atomic E-state index is 12.8. The summed E-state index contributed by atoms with van der Waals surface area (Å²) in [6, 6.07) is 5.71. The average Bonchev–Trinajstić information content (AvgIpc) is 3.45. The molecule has 6 nitrogen and oxygen atoms in total. The van der Waals surface area contributed by atoms with Crippen LogP contribution in [0.15, 0.2) is 24.3 Å². The van der Waals surface area contributed by atoms with Crippen molar-refractivity contribution in [3.8, 4) is 0 Å². The third-order valence-electron chi connectivity index (χ3n) is 4.80. The zero-order valence-electron chi connectivity index (χ0n) is 14.1. The van der Waals surface area contributed by atoms with E-state index < -0.39 is 10.0 Å². The average molecular weight is 369 g/mol. The largest absolute Gasteiger partial charge is 0.338 e. The van der Waals surface area contributed by atoms with Crippen LogP contribution in [-0.2, 0) is 16.6 Å². The summed E-state index contributed by atoms with van der Waals surface area (Å²) < 4.78 is 38.8. The topological polar surface area (TPSA) is 78.5 Å². The quantitative estimate of drug-likeness (QED) is 0.803. The Hall–Kier alpha value is -1.67. The number of urea groups is 1. The van der Waals surface area contributed by atoms with Gasteiger partial charge in [0, 0.05) is 26.2 Å². The maximum absolute atomic E-state index is 12.8. The first-order valence-electron chi connectivity index (χ1n) is 8.70. The van der Waals surface area contributed by atoms with Crippen LogP contribution in [0.4, 0.5) is 9.18 Å². The van der Waals surface area contributed by atoms with Crippen LogP contribution >= 0.6 is 0 Å². The summed E-state index contributed by atoms with van der Waals surface area (Å²) in [6.07, 6.45) is 3.12. The summed E-state index contributed by atoms with van der Waals surface area (Å²) >= 11 is 0. The number of benzene rings is 1. The van der Waals surface area contributed by atoms with Crippen LogP contribution in [0.1, 0.15) is 31.2 Å². The van der Waals surface area contributed by atoms with E-state index in [1.807, 2.05) is 0 Å². The molecule has 1 heterocycles. The van der Waals surface area contributed by atoms with Gasteiger partial charge in [-0.1, -0.05) is 12.1 Å². The fraction of sp³-hybridized carbons (Fsp3) is 0.588. The van der Waals surface area contributed by atoms with E-state index in [9.17, 15) is 17.6 Å². The van der Waals surface area contributed by atoms with Crippen LogP contribution in [0.3, 0.4) is 0 Å². The summed E-state index contributed by atoms with van der Waals surface area (Å²) in [5.74, 6) is -0.00883. The molecule has 25 heavy (non-hydrogen) atoms. The number of nitrogens with one attached hydrogen (secondary N) is 2. The number of hydrogen-bond acceptors (Lipinski definition) is 3. The van der Waals surface area contributed by atoms with Crippen molar-refractivity contribution in [1.29, 1.82) is 0 Å². The van der Waals surface area contributed by atoms with Crippen molar-refractivity contribution in [2.24, 2.45) is 5.92 Å². The van der Waals surface area contributed by atoms with E-state index in [1.54, 1.807) is 16.4 Å². The Morgan fingerprint density at radius 1 is 1.08 bits per heavy atom. The van der Waals surface area contributed by atoms with Gasteiger partial charge in [0.05, 0.1) is 5.25 Å². The number of hydrogen-bond donors (Lipinski definition) is 2. The van der Waals surface area contributed by atoms with Gasteiger partial charge in [-0.3, -0.25) is 0 Å². The Balaban J connectivity index is 1.35. The molecule has 2 N–H and O–H groups in total. The van der Waals surface area contributed by atoms with E-state index in [2.05, 4.69) is 10.6 Å². The third-order valence-corrected chi connectivity index (χ3v) is 7.20. The Labute approximate surface area is 147 Å². The lowest BCUT2D eigenvalue weighted by molar-refractivity contribution is 0.230. The van der Waals surface area contributed by atoms with Crippen LogP contribution < -0.4 is 10.6 Å². The molecule has 3 rings (SSSR count). The molecule has 1 aromatic rings. The van der Waals surface area contributed by atoms with Gasteiger partial charge < -0.3 is 10.6 Å². The highest BCUT2D eigenvalue weighted by molar-refractivity contribution is 7.90. The van der Waals surface area contributed by atoms with Gasteiger partial charge in [-0.05, 0) is 49.3 Å². The first-order valence-corrected chi connectivity index (χ1v) is 10.2. The molecule has 2 fully saturated rings. The molecule has 1 saturated carbocycles. The first kappa shape index (κ1) is 18.1. The molecule has 8 heteroatoms. The van der Waals surface area contributed by atoms with Gasteiger partial charge in [-0.2, -0.15) is 0 Å². The Morgan fingerprint density at radius 3 is 2.32 bits per heavy atom. The van der Waals surface area contributed by atoms with Crippen molar-refractivity contribution in [1.82, 2.24) is 14.9 Å². The number of carbonyl (C=O) groups is 1. The van der Waals surface area contributed by atoms with Gasteiger partial charge in [-0.25, -0.2) is 21.9 Å². The van der Waals surface area contributed by atoms with Crippen LogP contribution in [-0.4, -0.2) is 43.6 Å². The van der Waals surface area contributed by atoms with Gasteiger partial charge in [0.25, 0.3) is 0 Å². The van der Waals surface area contributed by atoms with Gasteiger partial charge >= 0.3 is 6.03 Å². The maximum Gasteiger partial charge on any atom is 0.315 e. The molecule has 1 aliphatic heterocycles. The van der Waals surface area contributed by atoms with Crippen LogP contribution in [0.25, 0.3) is 0 Å². The molecule has 1 saturated heterocycles. The molecule has 0 bridgehead atoms. The first-order chi connectivity index (χ1) is 11.9. The Bertz CT molecular complexity index is 696. The summed E-state index contributed by atoms with van der Waals surface area (Å²) in [6.45, 7) is 1.96. The second kappa shape index (κ2) is 7.70. The number of nitrogens with zero attached hydrogens (tertiary/aromatic N) is 1. The molecule has 138 valence electrons. The number of carbonyl (C=O) groups excluding carboxylic acids is 1.